The fourth-order valence-electron chi connectivity index (χ4n) is 5.39. The zero-order valence-corrected chi connectivity index (χ0v) is 30.8. The third-order valence-electron chi connectivity index (χ3n) is 10.5. The summed E-state index contributed by atoms with van der Waals surface area (Å²) in [6.07, 6.45) is 0.996. The van der Waals surface area contributed by atoms with Gasteiger partial charge in [0.25, 0.3) is 11.8 Å². The van der Waals surface area contributed by atoms with Crippen LogP contribution < -0.4 is 0 Å². The van der Waals surface area contributed by atoms with Crippen LogP contribution in [0.15, 0.2) is 30.3 Å². The first-order valence-corrected chi connectivity index (χ1v) is 16.7. The molecule has 0 bridgehead atoms. The van der Waals surface area contributed by atoms with Crippen LogP contribution in [0.2, 0.25) is 0 Å². The fraction of sp³-hybridized carbons (Fsp3) is 0.686. The Labute approximate surface area is 275 Å². The van der Waals surface area contributed by atoms with Crippen LogP contribution in [0.25, 0.3) is 0 Å². The van der Waals surface area contributed by atoms with E-state index in [4.69, 9.17) is 17.1 Å². The third-order valence-corrected chi connectivity index (χ3v) is 12.2. The molecule has 1 fully saturated rings. The lowest BCUT2D eigenvalue weighted by Crippen LogP contribution is -2.51. The first-order valence-electron chi connectivity index (χ1n) is 15.4. The van der Waals surface area contributed by atoms with Crippen molar-refractivity contribution in [1.82, 2.24) is 9.96 Å². The summed E-state index contributed by atoms with van der Waals surface area (Å²) in [5, 5.41) is 0.644. The predicted molar refractivity (Wildman–Crippen MR) is 183 cm³/mol. The number of nitrogens with zero attached hydrogens (tertiary/aromatic N) is 2. The molecule has 246 valence electrons. The maximum atomic E-state index is 14.1. The highest BCUT2D eigenvalue weighted by Gasteiger charge is 2.54. The van der Waals surface area contributed by atoms with Crippen molar-refractivity contribution in [1.29, 1.82) is 0 Å². The minimum absolute atomic E-state index is 0.00959. The molecular formula is C35H54N2O5S2. The summed E-state index contributed by atoms with van der Waals surface area (Å²) in [6.45, 7) is 23.1. The van der Waals surface area contributed by atoms with Gasteiger partial charge in [-0.3, -0.25) is 14.4 Å². The number of hydrogen-bond acceptors (Lipinski definition) is 7. The molecule has 1 aliphatic heterocycles. The van der Waals surface area contributed by atoms with E-state index < -0.39 is 45.2 Å². The molecule has 0 aromatic heterocycles. The van der Waals surface area contributed by atoms with Gasteiger partial charge in [-0.2, -0.15) is 0 Å². The lowest BCUT2D eigenvalue weighted by atomic mass is 9.53. The van der Waals surface area contributed by atoms with Crippen LogP contribution in [0.5, 0.6) is 0 Å². The van der Waals surface area contributed by atoms with Crippen molar-refractivity contribution >= 4 is 51.9 Å². The second-order valence-electron chi connectivity index (χ2n) is 15.8. The van der Waals surface area contributed by atoms with Crippen molar-refractivity contribution in [3.8, 4) is 0 Å². The molecule has 1 aromatic carbocycles. The smallest absolute Gasteiger partial charge is 0.336 e. The zero-order chi connectivity index (χ0) is 34.1. The lowest BCUT2D eigenvalue weighted by Gasteiger charge is -2.52. The maximum Gasteiger partial charge on any atom is 0.336 e. The van der Waals surface area contributed by atoms with E-state index in [0.29, 0.717) is 17.9 Å². The van der Waals surface area contributed by atoms with Crippen LogP contribution in [0.1, 0.15) is 107 Å². The Morgan fingerprint density at radius 1 is 0.841 bits per heavy atom. The summed E-state index contributed by atoms with van der Waals surface area (Å²) in [7, 11) is 3.53. The number of carbonyl (C=O) groups excluding carboxylic acids is 4. The predicted octanol–water partition coefficient (Wildman–Crippen LogP) is 7.71. The summed E-state index contributed by atoms with van der Waals surface area (Å²) in [4.78, 5) is 59.9. The van der Waals surface area contributed by atoms with E-state index >= 15 is 0 Å². The zero-order valence-electron chi connectivity index (χ0n) is 29.1. The van der Waals surface area contributed by atoms with E-state index in [9.17, 15) is 19.2 Å². The van der Waals surface area contributed by atoms with Crippen molar-refractivity contribution in [2.75, 3.05) is 14.1 Å². The summed E-state index contributed by atoms with van der Waals surface area (Å²) in [6, 6.07) is 9.80. The molecule has 0 N–H and O–H groups in total. The number of amides is 3. The average molecular weight is 647 g/mol. The Morgan fingerprint density at radius 3 is 1.77 bits per heavy atom. The Morgan fingerprint density at radius 2 is 1.32 bits per heavy atom. The minimum atomic E-state index is -0.718. The normalized spacial score (nSPS) is 16.5. The van der Waals surface area contributed by atoms with E-state index in [-0.39, 0.29) is 29.6 Å². The molecule has 3 amide bonds. The number of thiocarbonyl (C=S) groups is 1. The molecule has 1 heterocycles. The molecular weight excluding hydrogens is 593 g/mol. The molecule has 1 saturated heterocycles. The van der Waals surface area contributed by atoms with Gasteiger partial charge >= 0.3 is 5.97 Å². The van der Waals surface area contributed by atoms with Crippen molar-refractivity contribution in [3.63, 3.8) is 0 Å². The van der Waals surface area contributed by atoms with Gasteiger partial charge in [-0.1, -0.05) is 105 Å². The molecule has 1 aliphatic rings. The molecule has 0 aliphatic carbocycles. The number of benzene rings is 1. The van der Waals surface area contributed by atoms with Crippen molar-refractivity contribution in [2.45, 2.75) is 107 Å². The van der Waals surface area contributed by atoms with Gasteiger partial charge in [0.15, 0.2) is 0 Å². The summed E-state index contributed by atoms with van der Waals surface area (Å²) >= 11 is 7.35. The first-order chi connectivity index (χ1) is 19.9. The summed E-state index contributed by atoms with van der Waals surface area (Å²) in [5.41, 5.74) is -0.815. The Balaban J connectivity index is 2.54. The highest BCUT2D eigenvalue weighted by molar-refractivity contribution is 8.24. The van der Waals surface area contributed by atoms with Crippen LogP contribution in [0.4, 0.5) is 0 Å². The monoisotopic (exact) mass is 646 g/mol. The molecule has 44 heavy (non-hydrogen) atoms. The second-order valence-corrected chi connectivity index (χ2v) is 18.2. The average Bonchev–Trinajstić information content (AvgIpc) is 3.21. The number of hydroxylamine groups is 2. The molecule has 7 nitrogen and oxygen atoms in total. The number of thioether (sulfide) groups is 1. The molecule has 2 rings (SSSR count). The Bertz CT molecular complexity index is 1230. The second kappa shape index (κ2) is 13.6. The number of rotatable bonds is 12. The van der Waals surface area contributed by atoms with Gasteiger partial charge in [0, 0.05) is 31.7 Å². The molecule has 2 unspecified atom stereocenters. The number of carbonyl (C=O) groups is 4. The minimum Gasteiger partial charge on any atom is -0.349 e. The van der Waals surface area contributed by atoms with Gasteiger partial charge in [0.2, 0.25) is 5.91 Å². The van der Waals surface area contributed by atoms with Crippen molar-refractivity contribution in [3.05, 3.63) is 35.9 Å². The third kappa shape index (κ3) is 8.51. The number of imide groups is 1. The van der Waals surface area contributed by atoms with Crippen LogP contribution in [0, 0.1) is 33.5 Å². The van der Waals surface area contributed by atoms with E-state index in [2.05, 4.69) is 62.3 Å². The SMILES string of the molecule is CN(C)C(=O)C(CC(C)(C)C(C)(C)C(CC(C)(C)C(C)(C)C)C(=O)ON1C(=O)CCC1=O)C(C)(C)SC(=S)c1ccccc1. The lowest BCUT2D eigenvalue weighted by molar-refractivity contribution is -0.207. The van der Waals surface area contributed by atoms with E-state index in [1.807, 2.05) is 44.2 Å². The first kappa shape index (κ1) is 37.9. The number of hydrogen-bond donors (Lipinski definition) is 0. The van der Waals surface area contributed by atoms with Gasteiger partial charge in [-0.05, 0) is 53.9 Å². The maximum absolute atomic E-state index is 14.1. The standard InChI is InChI=1S/C35H54N2O5S2/c1-31(2,3)32(4,5)22-25(29(41)42-37-26(38)19-20-27(37)39)34(8,9)33(6,7)21-24(28(40)36(12)13)35(10,11)44-30(43)23-17-15-14-16-18-23/h14-18,24-25H,19-22H2,1-13H3. The highest BCUT2D eigenvalue weighted by atomic mass is 32.2. The van der Waals surface area contributed by atoms with Gasteiger partial charge in [-0.25, -0.2) is 4.79 Å². The summed E-state index contributed by atoms with van der Waals surface area (Å²) < 4.78 is 0.147. The summed E-state index contributed by atoms with van der Waals surface area (Å²) in [5.74, 6) is -2.72. The van der Waals surface area contributed by atoms with Gasteiger partial charge < -0.3 is 9.74 Å². The van der Waals surface area contributed by atoms with Crippen molar-refractivity contribution < 1.29 is 24.0 Å². The van der Waals surface area contributed by atoms with Crippen LogP contribution in [-0.2, 0) is 24.0 Å². The van der Waals surface area contributed by atoms with Gasteiger partial charge in [-0.15, -0.1) is 16.8 Å². The quantitative estimate of drug-likeness (QED) is 0.170. The van der Waals surface area contributed by atoms with Crippen LogP contribution in [0.3, 0.4) is 0 Å². The van der Waals surface area contributed by atoms with Gasteiger partial charge in [0.05, 0.1) is 16.0 Å². The Kier molecular flexibility index (Phi) is 11.7. The Hall–Kier alpha value is -2.26. The largest absolute Gasteiger partial charge is 0.349 e. The molecule has 2 atom stereocenters. The molecule has 0 spiro atoms. The van der Waals surface area contributed by atoms with Crippen LogP contribution >= 0.6 is 24.0 Å². The fourth-order valence-corrected chi connectivity index (χ4v) is 7.23. The van der Waals surface area contributed by atoms with Gasteiger partial charge in [0.1, 0.15) is 0 Å². The highest BCUT2D eigenvalue weighted by Crippen LogP contribution is 2.56. The molecule has 0 radical (unpaired) electrons. The molecule has 0 saturated carbocycles. The van der Waals surface area contributed by atoms with E-state index in [1.165, 1.54) is 11.8 Å². The van der Waals surface area contributed by atoms with Crippen molar-refractivity contribution in [2.24, 2.45) is 33.5 Å². The molecule has 9 heteroatoms. The van der Waals surface area contributed by atoms with E-state index in [0.717, 1.165) is 9.76 Å². The topological polar surface area (TPSA) is 84.0 Å². The van der Waals surface area contributed by atoms with E-state index in [1.54, 1.807) is 19.0 Å². The molecule has 1 aromatic rings. The van der Waals surface area contributed by atoms with Crippen LogP contribution in [-0.4, -0.2) is 56.7 Å².